The Labute approximate surface area is 210 Å². The molecular weight excluding hydrogens is 462 g/mol. The lowest BCUT2D eigenvalue weighted by atomic mass is 10.0. The molecule has 1 aliphatic heterocycles. The van der Waals surface area contributed by atoms with E-state index in [1.165, 1.54) is 11.8 Å². The number of hydrogen-bond donors (Lipinski definition) is 0. The molecule has 0 N–H and O–H groups in total. The number of thiocarbonyl (C=S) groups is 1. The van der Waals surface area contributed by atoms with Gasteiger partial charge < -0.3 is 4.74 Å². The largest absolute Gasteiger partial charge is 0.489 e. The monoisotopic (exact) mass is 489 g/mol. The third-order valence-electron chi connectivity index (χ3n) is 5.46. The molecule has 174 valence electrons. The number of carbonyl (C=O) groups excluding carboxylic acids is 1. The third-order valence-corrected chi connectivity index (χ3v) is 6.84. The highest BCUT2D eigenvalue weighted by Gasteiger charge is 2.31. The number of benzene rings is 2. The Kier molecular flexibility index (Phi) is 7.65. The number of unbranched alkanes of at least 4 members (excludes halogenated alkanes) is 1. The van der Waals surface area contributed by atoms with Crippen LogP contribution in [0.1, 0.15) is 30.9 Å². The number of aromatic nitrogens is 2. The van der Waals surface area contributed by atoms with Crippen molar-refractivity contribution in [2.45, 2.75) is 26.7 Å². The quantitative estimate of drug-likeness (QED) is 0.197. The number of rotatable bonds is 9. The first-order chi connectivity index (χ1) is 16.5. The zero-order valence-electron chi connectivity index (χ0n) is 19.4. The third kappa shape index (κ3) is 5.16. The van der Waals surface area contributed by atoms with E-state index in [2.05, 4.69) is 19.6 Å². The predicted octanol–water partition coefficient (Wildman–Crippen LogP) is 6.41. The highest BCUT2D eigenvalue weighted by Crippen LogP contribution is 2.35. The maximum absolute atomic E-state index is 13.0. The van der Waals surface area contributed by atoms with Crippen LogP contribution in [-0.4, -0.2) is 38.1 Å². The lowest BCUT2D eigenvalue weighted by Gasteiger charge is -2.13. The Morgan fingerprint density at radius 1 is 1.21 bits per heavy atom. The van der Waals surface area contributed by atoms with Crippen molar-refractivity contribution in [2.75, 3.05) is 13.2 Å². The molecular formula is C27H27N3O2S2. The fourth-order valence-corrected chi connectivity index (χ4v) is 4.99. The Hall–Kier alpha value is -3.16. The number of ether oxygens (including phenoxy) is 1. The predicted molar refractivity (Wildman–Crippen MR) is 144 cm³/mol. The van der Waals surface area contributed by atoms with E-state index in [-0.39, 0.29) is 5.91 Å². The van der Waals surface area contributed by atoms with Crippen molar-refractivity contribution in [2.24, 2.45) is 0 Å². The topological polar surface area (TPSA) is 47.4 Å². The number of amides is 1. The van der Waals surface area contributed by atoms with E-state index in [0.717, 1.165) is 46.7 Å². The van der Waals surface area contributed by atoms with Crippen molar-refractivity contribution >= 4 is 40.3 Å². The summed E-state index contributed by atoms with van der Waals surface area (Å²) < 4.78 is 8.19. The molecule has 2 heterocycles. The van der Waals surface area contributed by atoms with E-state index in [0.29, 0.717) is 22.4 Å². The van der Waals surface area contributed by atoms with Crippen LogP contribution in [0.4, 0.5) is 0 Å². The van der Waals surface area contributed by atoms with Crippen molar-refractivity contribution in [1.82, 2.24) is 14.7 Å². The van der Waals surface area contributed by atoms with E-state index in [9.17, 15) is 4.79 Å². The molecule has 0 spiro atoms. The molecule has 0 atom stereocenters. The van der Waals surface area contributed by atoms with Crippen LogP contribution in [0.5, 0.6) is 5.75 Å². The van der Waals surface area contributed by atoms with E-state index in [1.807, 2.05) is 66.3 Å². The molecule has 1 aromatic heterocycles. The van der Waals surface area contributed by atoms with Gasteiger partial charge in [0.05, 0.1) is 10.6 Å². The van der Waals surface area contributed by atoms with Gasteiger partial charge in [-0.3, -0.25) is 9.69 Å². The van der Waals surface area contributed by atoms with Crippen LogP contribution < -0.4 is 4.74 Å². The average molecular weight is 490 g/mol. The minimum atomic E-state index is -0.0359. The summed E-state index contributed by atoms with van der Waals surface area (Å²) in [6.45, 7) is 8.93. The molecule has 3 aromatic rings. The summed E-state index contributed by atoms with van der Waals surface area (Å²) in [5, 5.41) is 4.89. The Bertz CT molecular complexity index is 1250. The molecule has 1 fully saturated rings. The van der Waals surface area contributed by atoms with Gasteiger partial charge >= 0.3 is 0 Å². The number of aryl methyl sites for hydroxylation is 1. The maximum atomic E-state index is 13.0. The second-order valence-corrected chi connectivity index (χ2v) is 9.66. The van der Waals surface area contributed by atoms with Crippen LogP contribution in [0.2, 0.25) is 0 Å². The van der Waals surface area contributed by atoms with E-state index in [1.54, 1.807) is 11.0 Å². The van der Waals surface area contributed by atoms with Gasteiger partial charge in [-0.25, -0.2) is 4.68 Å². The lowest BCUT2D eigenvalue weighted by molar-refractivity contribution is -0.122. The highest BCUT2D eigenvalue weighted by molar-refractivity contribution is 8.26. The van der Waals surface area contributed by atoms with Gasteiger partial charge in [0.15, 0.2) is 0 Å². The van der Waals surface area contributed by atoms with Gasteiger partial charge in [0.1, 0.15) is 22.4 Å². The summed E-state index contributed by atoms with van der Waals surface area (Å²) in [4.78, 5) is 15.4. The molecule has 0 unspecified atom stereocenters. The summed E-state index contributed by atoms with van der Waals surface area (Å²) in [5.41, 5.74) is 4.55. The molecule has 1 saturated heterocycles. The molecule has 0 aliphatic carbocycles. The van der Waals surface area contributed by atoms with E-state index < -0.39 is 0 Å². The summed E-state index contributed by atoms with van der Waals surface area (Å²) in [6, 6.07) is 15.9. The summed E-state index contributed by atoms with van der Waals surface area (Å²) in [7, 11) is 0. The molecule has 1 aliphatic rings. The van der Waals surface area contributed by atoms with Gasteiger partial charge in [0, 0.05) is 23.9 Å². The highest BCUT2D eigenvalue weighted by atomic mass is 32.2. The first-order valence-electron chi connectivity index (χ1n) is 11.3. The molecule has 1 amide bonds. The zero-order chi connectivity index (χ0) is 24.1. The van der Waals surface area contributed by atoms with E-state index >= 15 is 0 Å². The smallest absolute Gasteiger partial charge is 0.266 e. The zero-order valence-corrected chi connectivity index (χ0v) is 21.0. The van der Waals surface area contributed by atoms with Gasteiger partial charge in [0.2, 0.25) is 0 Å². The Morgan fingerprint density at radius 2 is 2.00 bits per heavy atom. The number of carbonyl (C=O) groups is 1. The van der Waals surface area contributed by atoms with Gasteiger partial charge in [0.25, 0.3) is 5.91 Å². The first-order valence-corrected chi connectivity index (χ1v) is 12.5. The van der Waals surface area contributed by atoms with Crippen molar-refractivity contribution in [3.63, 3.8) is 0 Å². The summed E-state index contributed by atoms with van der Waals surface area (Å²) in [5.74, 6) is 0.774. The van der Waals surface area contributed by atoms with Crippen LogP contribution >= 0.6 is 24.0 Å². The molecule has 7 heteroatoms. The van der Waals surface area contributed by atoms with Crippen molar-refractivity contribution in [1.29, 1.82) is 0 Å². The second kappa shape index (κ2) is 10.8. The summed E-state index contributed by atoms with van der Waals surface area (Å²) >= 11 is 6.84. The van der Waals surface area contributed by atoms with E-state index in [4.69, 9.17) is 22.1 Å². The van der Waals surface area contributed by atoms with Crippen molar-refractivity contribution in [3.05, 3.63) is 83.4 Å². The first kappa shape index (κ1) is 24.0. The van der Waals surface area contributed by atoms with Crippen LogP contribution in [-0.2, 0) is 4.79 Å². The van der Waals surface area contributed by atoms with Gasteiger partial charge in [-0.2, -0.15) is 5.10 Å². The Balaban J connectivity index is 1.75. The SMILES string of the molecule is C=CCOc1ccc(-c2nn(-c3ccccc3)cc2/C=C2\SC(=S)N(CCCC)C2=O)cc1C. The molecule has 0 bridgehead atoms. The normalized spacial score (nSPS) is 14.8. The summed E-state index contributed by atoms with van der Waals surface area (Å²) in [6.07, 6.45) is 7.53. The van der Waals surface area contributed by atoms with Crippen molar-refractivity contribution in [3.8, 4) is 22.7 Å². The number of hydrogen-bond acceptors (Lipinski definition) is 5. The fraction of sp³-hybridized carbons (Fsp3) is 0.222. The molecule has 0 radical (unpaired) electrons. The number of thioether (sulfide) groups is 1. The minimum Gasteiger partial charge on any atom is -0.489 e. The van der Waals surface area contributed by atoms with Crippen LogP contribution in [0.25, 0.3) is 23.0 Å². The van der Waals surface area contributed by atoms with Crippen molar-refractivity contribution < 1.29 is 9.53 Å². The van der Waals surface area contributed by atoms with Crippen LogP contribution in [0.15, 0.2) is 72.3 Å². The fourth-order valence-electron chi connectivity index (χ4n) is 3.69. The second-order valence-electron chi connectivity index (χ2n) is 7.98. The number of nitrogens with zero attached hydrogens (tertiary/aromatic N) is 3. The molecule has 4 rings (SSSR count). The standard InChI is InChI=1S/C27H27N3O2S2/c1-4-6-14-29-26(31)24(34-27(29)33)17-21-18-30(22-10-8-7-9-11-22)28-25(21)20-12-13-23(19(3)16-20)32-15-5-2/h5,7-13,16-18H,2,4,6,14-15H2,1,3H3/b24-17-. The van der Waals surface area contributed by atoms with Gasteiger partial charge in [-0.1, -0.05) is 68.2 Å². The maximum Gasteiger partial charge on any atom is 0.266 e. The van der Waals surface area contributed by atoms with Gasteiger partial charge in [-0.05, 0) is 55.3 Å². The van der Waals surface area contributed by atoms with Crippen LogP contribution in [0, 0.1) is 6.92 Å². The molecule has 34 heavy (non-hydrogen) atoms. The van der Waals surface area contributed by atoms with Crippen LogP contribution in [0.3, 0.4) is 0 Å². The molecule has 5 nitrogen and oxygen atoms in total. The van der Waals surface area contributed by atoms with Gasteiger partial charge in [-0.15, -0.1) is 0 Å². The minimum absolute atomic E-state index is 0.0359. The molecule has 0 saturated carbocycles. The molecule has 2 aromatic carbocycles. The average Bonchev–Trinajstić information content (AvgIpc) is 3.38. The lowest BCUT2D eigenvalue weighted by Crippen LogP contribution is -2.28. The number of para-hydroxylation sites is 1. The Morgan fingerprint density at radius 3 is 2.71 bits per heavy atom.